The van der Waals surface area contributed by atoms with E-state index in [-0.39, 0.29) is 6.04 Å². The summed E-state index contributed by atoms with van der Waals surface area (Å²) in [5.41, 5.74) is 5.66. The van der Waals surface area contributed by atoms with Gasteiger partial charge < -0.3 is 10.2 Å². The molecule has 1 heterocycles. The summed E-state index contributed by atoms with van der Waals surface area (Å²) in [7, 11) is 0. The molecule has 0 saturated heterocycles. The Kier molecular flexibility index (Phi) is 2.12. The molecular weight excluding hydrogens is 164 g/mol. The Bertz CT molecular complexity index is 289. The van der Waals surface area contributed by atoms with Crippen LogP contribution in [-0.4, -0.2) is 4.98 Å². The Balaban J connectivity index is 2.11. The molecule has 2 rings (SSSR count). The number of aromatic nitrogens is 1. The molecule has 1 fully saturated rings. The molecule has 3 nitrogen and oxygen atoms in total. The van der Waals surface area contributed by atoms with Crippen LogP contribution in [0.15, 0.2) is 10.6 Å². The molecule has 2 unspecified atom stereocenters. The zero-order valence-electron chi connectivity index (χ0n) is 8.16. The van der Waals surface area contributed by atoms with Crippen LogP contribution in [0.25, 0.3) is 0 Å². The van der Waals surface area contributed by atoms with E-state index in [4.69, 9.17) is 10.2 Å². The van der Waals surface area contributed by atoms with Crippen molar-refractivity contribution >= 4 is 0 Å². The number of rotatable bonds is 3. The van der Waals surface area contributed by atoms with Crippen molar-refractivity contribution < 1.29 is 4.42 Å². The first-order valence-electron chi connectivity index (χ1n) is 4.89. The molecule has 0 bridgehead atoms. The van der Waals surface area contributed by atoms with Crippen molar-refractivity contribution in [2.45, 2.75) is 38.6 Å². The van der Waals surface area contributed by atoms with Gasteiger partial charge in [-0.1, -0.05) is 6.92 Å². The third-order valence-electron chi connectivity index (χ3n) is 2.71. The molecule has 13 heavy (non-hydrogen) atoms. The van der Waals surface area contributed by atoms with Crippen LogP contribution in [0.5, 0.6) is 0 Å². The molecule has 0 aliphatic heterocycles. The van der Waals surface area contributed by atoms with E-state index in [9.17, 15) is 0 Å². The monoisotopic (exact) mass is 180 g/mol. The molecule has 0 spiro atoms. The molecule has 1 aromatic heterocycles. The highest BCUT2D eigenvalue weighted by atomic mass is 16.4. The molecule has 1 aliphatic carbocycles. The SMILES string of the molecule is CC(N)c1ncc(C(C)C2CC2)o1. The van der Waals surface area contributed by atoms with Crippen molar-refractivity contribution in [2.24, 2.45) is 11.7 Å². The largest absolute Gasteiger partial charge is 0.444 e. The van der Waals surface area contributed by atoms with Crippen molar-refractivity contribution in [3.8, 4) is 0 Å². The highest BCUT2D eigenvalue weighted by Crippen LogP contribution is 2.42. The first kappa shape index (κ1) is 8.75. The van der Waals surface area contributed by atoms with Crippen molar-refractivity contribution in [1.82, 2.24) is 4.98 Å². The molecule has 0 amide bonds. The van der Waals surface area contributed by atoms with Crippen LogP contribution in [-0.2, 0) is 0 Å². The van der Waals surface area contributed by atoms with E-state index in [1.54, 1.807) is 0 Å². The summed E-state index contributed by atoms with van der Waals surface area (Å²) >= 11 is 0. The van der Waals surface area contributed by atoms with Gasteiger partial charge in [0.05, 0.1) is 12.2 Å². The molecule has 1 aliphatic rings. The van der Waals surface area contributed by atoms with Crippen LogP contribution in [0.1, 0.15) is 50.3 Å². The normalized spacial score (nSPS) is 21.5. The second-order valence-corrected chi connectivity index (χ2v) is 4.02. The summed E-state index contributed by atoms with van der Waals surface area (Å²) in [5.74, 6) is 2.98. The summed E-state index contributed by atoms with van der Waals surface area (Å²) in [5, 5.41) is 0. The lowest BCUT2D eigenvalue weighted by Crippen LogP contribution is -2.04. The number of nitrogens with two attached hydrogens (primary N) is 1. The van der Waals surface area contributed by atoms with Gasteiger partial charge in [0.2, 0.25) is 5.89 Å². The second-order valence-electron chi connectivity index (χ2n) is 4.02. The summed E-state index contributed by atoms with van der Waals surface area (Å²) in [4.78, 5) is 4.16. The number of hydrogen-bond donors (Lipinski definition) is 1. The van der Waals surface area contributed by atoms with Crippen molar-refractivity contribution in [2.75, 3.05) is 0 Å². The Labute approximate surface area is 78.3 Å². The van der Waals surface area contributed by atoms with Gasteiger partial charge in [-0.25, -0.2) is 4.98 Å². The van der Waals surface area contributed by atoms with Crippen LogP contribution < -0.4 is 5.73 Å². The Morgan fingerprint density at radius 3 is 2.69 bits per heavy atom. The Hall–Kier alpha value is -0.830. The minimum atomic E-state index is -0.0971. The minimum absolute atomic E-state index is 0.0971. The molecular formula is C10H16N2O. The van der Waals surface area contributed by atoms with Crippen LogP contribution in [0.2, 0.25) is 0 Å². The fourth-order valence-corrected chi connectivity index (χ4v) is 1.55. The quantitative estimate of drug-likeness (QED) is 0.775. The number of hydrogen-bond acceptors (Lipinski definition) is 3. The predicted molar refractivity (Wildman–Crippen MR) is 50.2 cm³/mol. The molecule has 1 saturated carbocycles. The second kappa shape index (κ2) is 3.14. The highest BCUT2D eigenvalue weighted by Gasteiger charge is 2.31. The standard InChI is InChI=1S/C10H16N2O/c1-6(8-3-4-8)9-5-12-10(13-9)7(2)11/h5-8H,3-4,11H2,1-2H3. The van der Waals surface area contributed by atoms with E-state index >= 15 is 0 Å². The van der Waals surface area contributed by atoms with Crippen LogP contribution in [0.4, 0.5) is 0 Å². The van der Waals surface area contributed by atoms with Gasteiger partial charge in [-0.15, -0.1) is 0 Å². The minimum Gasteiger partial charge on any atom is -0.444 e. The summed E-state index contributed by atoms with van der Waals surface area (Å²) in [6, 6.07) is -0.0971. The van der Waals surface area contributed by atoms with E-state index in [0.29, 0.717) is 11.8 Å². The van der Waals surface area contributed by atoms with Crippen LogP contribution in [0, 0.1) is 5.92 Å². The maximum atomic E-state index is 5.66. The molecule has 1 aromatic rings. The molecule has 3 heteroatoms. The van der Waals surface area contributed by atoms with E-state index in [1.807, 2.05) is 13.1 Å². The maximum Gasteiger partial charge on any atom is 0.211 e. The molecule has 0 aromatic carbocycles. The van der Waals surface area contributed by atoms with Gasteiger partial charge in [0.25, 0.3) is 0 Å². The predicted octanol–water partition coefficient (Wildman–Crippen LogP) is 2.21. The smallest absolute Gasteiger partial charge is 0.211 e. The number of oxazole rings is 1. The lowest BCUT2D eigenvalue weighted by molar-refractivity contribution is 0.399. The molecule has 2 N–H and O–H groups in total. The fourth-order valence-electron chi connectivity index (χ4n) is 1.55. The summed E-state index contributed by atoms with van der Waals surface area (Å²) in [6.07, 6.45) is 4.48. The lowest BCUT2D eigenvalue weighted by Gasteiger charge is -2.04. The van der Waals surface area contributed by atoms with Gasteiger partial charge in [-0.2, -0.15) is 0 Å². The van der Waals surface area contributed by atoms with Gasteiger partial charge in [0, 0.05) is 5.92 Å². The zero-order valence-corrected chi connectivity index (χ0v) is 8.16. The van der Waals surface area contributed by atoms with Crippen molar-refractivity contribution in [3.63, 3.8) is 0 Å². The van der Waals surface area contributed by atoms with E-state index in [2.05, 4.69) is 11.9 Å². The average Bonchev–Trinajstić information content (AvgIpc) is 2.81. The van der Waals surface area contributed by atoms with E-state index in [1.165, 1.54) is 12.8 Å². The molecule has 0 radical (unpaired) electrons. The van der Waals surface area contributed by atoms with Crippen molar-refractivity contribution in [3.05, 3.63) is 17.8 Å². The first-order valence-corrected chi connectivity index (χ1v) is 4.89. The highest BCUT2D eigenvalue weighted by molar-refractivity contribution is 5.06. The summed E-state index contributed by atoms with van der Waals surface area (Å²) < 4.78 is 5.57. The van der Waals surface area contributed by atoms with E-state index in [0.717, 1.165) is 11.7 Å². The Morgan fingerprint density at radius 1 is 1.54 bits per heavy atom. The van der Waals surface area contributed by atoms with Gasteiger partial charge >= 0.3 is 0 Å². The van der Waals surface area contributed by atoms with Gasteiger partial charge in [0.15, 0.2) is 0 Å². The Morgan fingerprint density at radius 2 is 2.23 bits per heavy atom. The molecule has 72 valence electrons. The van der Waals surface area contributed by atoms with Crippen LogP contribution in [0.3, 0.4) is 0 Å². The number of nitrogens with zero attached hydrogens (tertiary/aromatic N) is 1. The average molecular weight is 180 g/mol. The van der Waals surface area contributed by atoms with Gasteiger partial charge in [-0.05, 0) is 25.7 Å². The van der Waals surface area contributed by atoms with E-state index < -0.39 is 0 Å². The third kappa shape index (κ3) is 1.75. The lowest BCUT2D eigenvalue weighted by atomic mass is 10.0. The first-order chi connectivity index (χ1) is 6.18. The topological polar surface area (TPSA) is 52.0 Å². The van der Waals surface area contributed by atoms with Gasteiger partial charge in [-0.3, -0.25) is 0 Å². The molecule has 2 atom stereocenters. The maximum absolute atomic E-state index is 5.66. The third-order valence-corrected chi connectivity index (χ3v) is 2.71. The van der Waals surface area contributed by atoms with Crippen LogP contribution >= 0.6 is 0 Å². The summed E-state index contributed by atoms with van der Waals surface area (Å²) in [6.45, 7) is 4.08. The fraction of sp³-hybridized carbons (Fsp3) is 0.700. The van der Waals surface area contributed by atoms with Crippen molar-refractivity contribution in [1.29, 1.82) is 0 Å². The zero-order chi connectivity index (χ0) is 9.42. The van der Waals surface area contributed by atoms with Gasteiger partial charge in [0.1, 0.15) is 5.76 Å².